The van der Waals surface area contributed by atoms with E-state index in [0.717, 1.165) is 16.6 Å². The molecular weight excluding hydrogens is 334 g/mol. The van der Waals surface area contributed by atoms with Gasteiger partial charge in [0.25, 0.3) is 0 Å². The van der Waals surface area contributed by atoms with Gasteiger partial charge in [0.05, 0.1) is 7.11 Å². The van der Waals surface area contributed by atoms with Gasteiger partial charge in [-0.1, -0.05) is 18.2 Å². The number of fused-ring (bicyclic) bond motifs is 1. The second-order valence-corrected chi connectivity index (χ2v) is 7.02. The van der Waals surface area contributed by atoms with Gasteiger partial charge in [0.1, 0.15) is 5.75 Å². The second kappa shape index (κ2) is 5.80. The third-order valence-electron chi connectivity index (χ3n) is 3.65. The van der Waals surface area contributed by atoms with Crippen LogP contribution in [0.4, 0.5) is 0 Å². The van der Waals surface area contributed by atoms with E-state index in [1.807, 2.05) is 23.9 Å². The quantitative estimate of drug-likeness (QED) is 0.902. The fourth-order valence-corrected chi connectivity index (χ4v) is 4.34. The Morgan fingerprint density at radius 3 is 2.80 bits per heavy atom. The fraction of sp³-hybridized carbons (Fsp3) is 0.250. The highest BCUT2D eigenvalue weighted by atomic mass is 79.9. The minimum atomic E-state index is 0.0530. The molecule has 0 fully saturated rings. The van der Waals surface area contributed by atoms with E-state index in [1.54, 1.807) is 7.11 Å². The van der Waals surface area contributed by atoms with Gasteiger partial charge in [0.2, 0.25) is 0 Å². The number of halogens is 1. The highest BCUT2D eigenvalue weighted by molar-refractivity contribution is 9.10. The predicted octanol–water partition coefficient (Wildman–Crippen LogP) is 4.17. The molecule has 0 spiro atoms. The maximum atomic E-state index is 6.42. The fourth-order valence-electron chi connectivity index (χ4n) is 2.56. The lowest BCUT2D eigenvalue weighted by molar-refractivity contribution is 0.414. The van der Waals surface area contributed by atoms with Crippen LogP contribution in [0, 0.1) is 0 Å². The summed E-state index contributed by atoms with van der Waals surface area (Å²) in [6.07, 6.45) is 1.01. The Labute approximate surface area is 131 Å². The van der Waals surface area contributed by atoms with Gasteiger partial charge in [0.15, 0.2) is 0 Å². The van der Waals surface area contributed by atoms with Crippen LogP contribution in [0.3, 0.4) is 0 Å². The lowest BCUT2D eigenvalue weighted by atomic mass is 10.1. The van der Waals surface area contributed by atoms with Crippen molar-refractivity contribution in [2.75, 3.05) is 7.11 Å². The van der Waals surface area contributed by atoms with Gasteiger partial charge >= 0.3 is 0 Å². The average molecular weight is 350 g/mol. The molecule has 1 aliphatic carbocycles. The van der Waals surface area contributed by atoms with Gasteiger partial charge in [0, 0.05) is 20.7 Å². The Balaban J connectivity index is 1.83. The van der Waals surface area contributed by atoms with Gasteiger partial charge in [-0.15, -0.1) is 11.8 Å². The zero-order valence-electron chi connectivity index (χ0n) is 11.2. The van der Waals surface area contributed by atoms with Gasteiger partial charge in [-0.25, -0.2) is 0 Å². The number of benzene rings is 2. The molecule has 0 aromatic heterocycles. The Kier molecular flexibility index (Phi) is 4.06. The lowest BCUT2D eigenvalue weighted by Crippen LogP contribution is -2.18. The zero-order valence-corrected chi connectivity index (χ0v) is 13.6. The van der Waals surface area contributed by atoms with E-state index in [1.165, 1.54) is 16.0 Å². The SMILES string of the molecule is COc1ccc2c(c1)C(N)C(Sc1ccccc1Br)C2. The van der Waals surface area contributed by atoms with Crippen molar-refractivity contribution < 1.29 is 4.74 Å². The Morgan fingerprint density at radius 1 is 1.25 bits per heavy atom. The van der Waals surface area contributed by atoms with Crippen molar-refractivity contribution in [1.82, 2.24) is 0 Å². The number of ether oxygens (including phenoxy) is 1. The van der Waals surface area contributed by atoms with Crippen molar-refractivity contribution in [3.05, 3.63) is 58.1 Å². The molecule has 2 unspecified atom stereocenters. The summed E-state index contributed by atoms with van der Waals surface area (Å²) in [5, 5.41) is 0.371. The summed E-state index contributed by atoms with van der Waals surface area (Å²) in [7, 11) is 1.69. The number of hydrogen-bond donors (Lipinski definition) is 1. The second-order valence-electron chi connectivity index (χ2n) is 4.88. The van der Waals surface area contributed by atoms with E-state index in [2.05, 4.69) is 46.3 Å². The maximum Gasteiger partial charge on any atom is 0.119 e. The zero-order chi connectivity index (χ0) is 14.1. The largest absolute Gasteiger partial charge is 0.497 e. The molecule has 2 atom stereocenters. The summed E-state index contributed by atoms with van der Waals surface area (Å²) < 4.78 is 6.42. The van der Waals surface area contributed by atoms with Crippen LogP contribution in [0.2, 0.25) is 0 Å². The van der Waals surface area contributed by atoms with E-state index in [4.69, 9.17) is 10.5 Å². The van der Waals surface area contributed by atoms with Crippen molar-refractivity contribution in [3.63, 3.8) is 0 Å². The van der Waals surface area contributed by atoms with Crippen LogP contribution in [-0.2, 0) is 6.42 Å². The van der Waals surface area contributed by atoms with Crippen LogP contribution in [0.1, 0.15) is 17.2 Å². The Bertz CT molecular complexity index is 632. The number of nitrogens with two attached hydrogens (primary N) is 1. The Hall–Kier alpha value is -0.970. The average Bonchev–Trinajstić information content (AvgIpc) is 2.77. The third kappa shape index (κ3) is 2.60. The normalized spacial score (nSPS) is 20.8. The minimum absolute atomic E-state index is 0.0530. The third-order valence-corrected chi connectivity index (χ3v) is 5.98. The summed E-state index contributed by atoms with van der Waals surface area (Å²) in [5.41, 5.74) is 8.97. The van der Waals surface area contributed by atoms with Crippen molar-refractivity contribution in [3.8, 4) is 5.75 Å². The number of rotatable bonds is 3. The molecule has 0 amide bonds. The van der Waals surface area contributed by atoms with E-state index >= 15 is 0 Å². The molecule has 1 aliphatic rings. The van der Waals surface area contributed by atoms with Crippen LogP contribution in [0.5, 0.6) is 5.75 Å². The first-order chi connectivity index (χ1) is 9.69. The summed E-state index contributed by atoms with van der Waals surface area (Å²) >= 11 is 5.44. The molecule has 2 nitrogen and oxygen atoms in total. The topological polar surface area (TPSA) is 35.2 Å². The molecule has 20 heavy (non-hydrogen) atoms. The lowest BCUT2D eigenvalue weighted by Gasteiger charge is -2.16. The van der Waals surface area contributed by atoms with Crippen molar-refractivity contribution in [2.45, 2.75) is 22.6 Å². The molecule has 2 N–H and O–H groups in total. The maximum absolute atomic E-state index is 6.42. The molecule has 0 bridgehead atoms. The van der Waals surface area contributed by atoms with Crippen molar-refractivity contribution in [2.24, 2.45) is 5.73 Å². The first kappa shape index (κ1) is 14.0. The molecule has 2 aromatic carbocycles. The smallest absolute Gasteiger partial charge is 0.119 e. The molecule has 0 heterocycles. The van der Waals surface area contributed by atoms with E-state index < -0.39 is 0 Å². The van der Waals surface area contributed by atoms with Crippen molar-refractivity contribution >= 4 is 27.7 Å². The van der Waals surface area contributed by atoms with Crippen LogP contribution in [-0.4, -0.2) is 12.4 Å². The number of methoxy groups -OCH3 is 1. The molecule has 0 saturated heterocycles. The molecule has 0 saturated carbocycles. The van der Waals surface area contributed by atoms with E-state index in [-0.39, 0.29) is 6.04 Å². The summed E-state index contributed by atoms with van der Waals surface area (Å²) in [6.45, 7) is 0. The van der Waals surface area contributed by atoms with Crippen molar-refractivity contribution in [1.29, 1.82) is 0 Å². The molecule has 4 heteroatoms. The van der Waals surface area contributed by atoms with Crippen LogP contribution < -0.4 is 10.5 Å². The van der Waals surface area contributed by atoms with E-state index in [9.17, 15) is 0 Å². The molecular formula is C16H16BrNOS. The first-order valence-electron chi connectivity index (χ1n) is 6.52. The molecule has 104 valence electrons. The summed E-state index contributed by atoms with van der Waals surface area (Å²) in [6, 6.07) is 14.6. The Morgan fingerprint density at radius 2 is 2.05 bits per heavy atom. The summed E-state index contributed by atoms with van der Waals surface area (Å²) in [5.74, 6) is 0.880. The predicted molar refractivity (Wildman–Crippen MR) is 87.4 cm³/mol. The van der Waals surface area contributed by atoms with Crippen LogP contribution in [0.15, 0.2) is 51.8 Å². The number of thioether (sulfide) groups is 1. The monoisotopic (exact) mass is 349 g/mol. The minimum Gasteiger partial charge on any atom is -0.497 e. The molecule has 2 aromatic rings. The van der Waals surface area contributed by atoms with Crippen LogP contribution >= 0.6 is 27.7 Å². The molecule has 0 radical (unpaired) electrons. The van der Waals surface area contributed by atoms with E-state index in [0.29, 0.717) is 5.25 Å². The van der Waals surface area contributed by atoms with Crippen LogP contribution in [0.25, 0.3) is 0 Å². The number of hydrogen-bond acceptors (Lipinski definition) is 3. The first-order valence-corrected chi connectivity index (χ1v) is 8.20. The highest BCUT2D eigenvalue weighted by Gasteiger charge is 2.31. The molecule has 3 rings (SSSR count). The summed E-state index contributed by atoms with van der Waals surface area (Å²) in [4.78, 5) is 1.24. The molecule has 0 aliphatic heterocycles. The van der Waals surface area contributed by atoms with Gasteiger partial charge in [-0.05, 0) is 57.7 Å². The standard InChI is InChI=1S/C16H16BrNOS/c1-19-11-7-6-10-8-15(16(18)12(10)9-11)20-14-5-3-2-4-13(14)17/h2-7,9,15-16H,8,18H2,1H3. The van der Waals surface area contributed by atoms with Gasteiger partial charge in [-0.3, -0.25) is 0 Å². The highest BCUT2D eigenvalue weighted by Crippen LogP contribution is 2.42. The van der Waals surface area contributed by atoms with Gasteiger partial charge < -0.3 is 10.5 Å². The van der Waals surface area contributed by atoms with Gasteiger partial charge in [-0.2, -0.15) is 0 Å².